The first-order valence-electron chi connectivity index (χ1n) is 6.32. The SMILES string of the molecule is CS(=O)(=O)c1ccc(S(=O)(=O)N[C@@H]2CCCNC2)cc1. The van der Waals surface area contributed by atoms with Crippen molar-refractivity contribution < 1.29 is 16.8 Å². The Morgan fingerprint density at radius 1 is 1.10 bits per heavy atom. The van der Waals surface area contributed by atoms with Crippen LogP contribution in [0.2, 0.25) is 0 Å². The molecule has 1 aromatic rings. The Kier molecular flexibility index (Phi) is 4.48. The van der Waals surface area contributed by atoms with E-state index in [1.54, 1.807) is 0 Å². The van der Waals surface area contributed by atoms with Gasteiger partial charge in [0.25, 0.3) is 0 Å². The predicted molar refractivity (Wildman–Crippen MR) is 75.8 cm³/mol. The minimum atomic E-state index is -3.61. The second kappa shape index (κ2) is 5.80. The van der Waals surface area contributed by atoms with Gasteiger partial charge < -0.3 is 5.32 Å². The predicted octanol–water partition coefficient (Wildman–Crippen LogP) is 0.120. The summed E-state index contributed by atoms with van der Waals surface area (Å²) in [7, 11) is -6.92. The lowest BCUT2D eigenvalue weighted by Crippen LogP contribution is -2.45. The van der Waals surface area contributed by atoms with Crippen molar-refractivity contribution in [3.05, 3.63) is 24.3 Å². The summed E-state index contributed by atoms with van der Waals surface area (Å²) in [4.78, 5) is 0.186. The molecule has 1 aromatic carbocycles. The molecule has 8 heteroatoms. The average Bonchev–Trinajstić information content (AvgIpc) is 2.38. The number of hydrogen-bond donors (Lipinski definition) is 2. The van der Waals surface area contributed by atoms with E-state index >= 15 is 0 Å². The quantitative estimate of drug-likeness (QED) is 0.823. The summed E-state index contributed by atoms with van der Waals surface area (Å²) in [6.07, 6.45) is 2.82. The number of sulfone groups is 1. The molecular weight excluding hydrogens is 300 g/mol. The Hall–Kier alpha value is -0.960. The first-order chi connectivity index (χ1) is 9.29. The minimum Gasteiger partial charge on any atom is -0.315 e. The van der Waals surface area contributed by atoms with Crippen molar-refractivity contribution in [1.29, 1.82) is 0 Å². The van der Waals surface area contributed by atoms with E-state index in [0.717, 1.165) is 25.6 Å². The topological polar surface area (TPSA) is 92.3 Å². The molecule has 1 aliphatic rings. The Morgan fingerprint density at radius 3 is 2.20 bits per heavy atom. The maximum atomic E-state index is 12.2. The lowest BCUT2D eigenvalue weighted by molar-refractivity contribution is 0.428. The van der Waals surface area contributed by atoms with Crippen molar-refractivity contribution in [2.24, 2.45) is 0 Å². The lowest BCUT2D eigenvalue weighted by Gasteiger charge is -2.23. The van der Waals surface area contributed by atoms with Gasteiger partial charge in [-0.05, 0) is 43.7 Å². The minimum absolute atomic E-state index is 0.0791. The number of rotatable bonds is 4. The van der Waals surface area contributed by atoms with E-state index in [9.17, 15) is 16.8 Å². The summed E-state index contributed by atoms with van der Waals surface area (Å²) >= 11 is 0. The van der Waals surface area contributed by atoms with Crippen molar-refractivity contribution in [2.45, 2.75) is 28.7 Å². The molecule has 0 saturated carbocycles. The van der Waals surface area contributed by atoms with Gasteiger partial charge in [0, 0.05) is 18.8 Å². The van der Waals surface area contributed by atoms with Crippen LogP contribution >= 0.6 is 0 Å². The molecule has 0 radical (unpaired) electrons. The highest BCUT2D eigenvalue weighted by molar-refractivity contribution is 7.90. The van der Waals surface area contributed by atoms with Crippen LogP contribution in [-0.2, 0) is 19.9 Å². The zero-order valence-corrected chi connectivity index (χ0v) is 12.8. The van der Waals surface area contributed by atoms with Gasteiger partial charge in [0.05, 0.1) is 9.79 Å². The molecule has 0 spiro atoms. The summed E-state index contributed by atoms with van der Waals surface area (Å²) in [6.45, 7) is 1.52. The first kappa shape index (κ1) is 15.4. The molecule has 1 saturated heterocycles. The van der Waals surface area contributed by atoms with E-state index < -0.39 is 19.9 Å². The van der Waals surface area contributed by atoms with Crippen molar-refractivity contribution in [3.63, 3.8) is 0 Å². The third kappa shape index (κ3) is 3.78. The molecule has 0 aliphatic carbocycles. The van der Waals surface area contributed by atoms with Gasteiger partial charge >= 0.3 is 0 Å². The fourth-order valence-corrected chi connectivity index (χ4v) is 4.01. The molecule has 6 nitrogen and oxygen atoms in total. The van der Waals surface area contributed by atoms with E-state index in [-0.39, 0.29) is 15.8 Å². The molecular formula is C12H18N2O4S2. The lowest BCUT2D eigenvalue weighted by atomic mass is 10.1. The highest BCUT2D eigenvalue weighted by atomic mass is 32.2. The highest BCUT2D eigenvalue weighted by Crippen LogP contribution is 2.15. The van der Waals surface area contributed by atoms with Gasteiger partial charge in [-0.1, -0.05) is 0 Å². The van der Waals surface area contributed by atoms with Gasteiger partial charge in [-0.25, -0.2) is 21.6 Å². The van der Waals surface area contributed by atoms with Crippen LogP contribution in [0.25, 0.3) is 0 Å². The molecule has 2 N–H and O–H groups in total. The van der Waals surface area contributed by atoms with E-state index in [0.29, 0.717) is 6.54 Å². The molecule has 1 heterocycles. The second-order valence-corrected chi connectivity index (χ2v) is 8.64. The molecule has 112 valence electrons. The number of benzene rings is 1. The van der Waals surface area contributed by atoms with E-state index in [1.165, 1.54) is 24.3 Å². The van der Waals surface area contributed by atoms with Crippen LogP contribution in [0.15, 0.2) is 34.1 Å². The monoisotopic (exact) mass is 318 g/mol. The van der Waals surface area contributed by atoms with Crippen LogP contribution in [0.4, 0.5) is 0 Å². The van der Waals surface area contributed by atoms with Crippen molar-refractivity contribution >= 4 is 19.9 Å². The smallest absolute Gasteiger partial charge is 0.240 e. The first-order valence-corrected chi connectivity index (χ1v) is 9.70. The van der Waals surface area contributed by atoms with Crippen LogP contribution in [-0.4, -0.2) is 42.2 Å². The number of hydrogen-bond acceptors (Lipinski definition) is 5. The van der Waals surface area contributed by atoms with Crippen molar-refractivity contribution in [1.82, 2.24) is 10.0 Å². The molecule has 1 aliphatic heterocycles. The van der Waals surface area contributed by atoms with E-state index in [1.807, 2.05) is 0 Å². The van der Waals surface area contributed by atoms with Gasteiger partial charge in [-0.15, -0.1) is 0 Å². The molecule has 0 aromatic heterocycles. The third-order valence-corrected chi connectivity index (χ3v) is 5.85. The fourth-order valence-electron chi connectivity index (χ4n) is 2.11. The second-order valence-electron chi connectivity index (χ2n) is 4.91. The molecule has 2 rings (SSSR count). The van der Waals surface area contributed by atoms with Crippen LogP contribution in [0.1, 0.15) is 12.8 Å². The maximum Gasteiger partial charge on any atom is 0.240 e. The standard InChI is InChI=1S/C12H18N2O4S2/c1-19(15,16)11-4-6-12(7-5-11)20(17,18)14-10-3-2-8-13-9-10/h4-7,10,13-14H,2-3,8-9H2,1H3/t10-/m1/s1. The molecule has 1 atom stereocenters. The molecule has 0 bridgehead atoms. The number of piperidine rings is 1. The Balaban J connectivity index is 2.17. The van der Waals surface area contributed by atoms with Gasteiger partial charge in [0.2, 0.25) is 10.0 Å². The Bertz CT molecular complexity index is 660. The number of nitrogens with one attached hydrogen (secondary N) is 2. The maximum absolute atomic E-state index is 12.2. The summed E-state index contributed by atoms with van der Waals surface area (Å²) in [5.74, 6) is 0. The molecule has 20 heavy (non-hydrogen) atoms. The van der Waals surface area contributed by atoms with Crippen LogP contribution in [0, 0.1) is 0 Å². The number of sulfonamides is 1. The van der Waals surface area contributed by atoms with Crippen LogP contribution in [0.3, 0.4) is 0 Å². The zero-order valence-electron chi connectivity index (χ0n) is 11.2. The van der Waals surface area contributed by atoms with Crippen LogP contribution < -0.4 is 10.0 Å². The van der Waals surface area contributed by atoms with Crippen LogP contribution in [0.5, 0.6) is 0 Å². The molecule has 1 fully saturated rings. The third-order valence-electron chi connectivity index (χ3n) is 3.18. The summed E-state index contributed by atoms with van der Waals surface area (Å²) in [6, 6.07) is 5.12. The summed E-state index contributed by atoms with van der Waals surface area (Å²) in [5, 5.41) is 3.13. The highest BCUT2D eigenvalue weighted by Gasteiger charge is 2.22. The van der Waals surface area contributed by atoms with Gasteiger partial charge in [0.1, 0.15) is 0 Å². The molecule has 0 unspecified atom stereocenters. The average molecular weight is 318 g/mol. The molecule has 0 amide bonds. The fraction of sp³-hybridized carbons (Fsp3) is 0.500. The Labute approximate surface area is 119 Å². The van der Waals surface area contributed by atoms with E-state index in [2.05, 4.69) is 10.0 Å². The van der Waals surface area contributed by atoms with Crippen molar-refractivity contribution in [2.75, 3.05) is 19.3 Å². The van der Waals surface area contributed by atoms with E-state index in [4.69, 9.17) is 0 Å². The van der Waals surface area contributed by atoms with Crippen molar-refractivity contribution in [3.8, 4) is 0 Å². The normalized spacial score (nSPS) is 20.8. The Morgan fingerprint density at radius 2 is 1.70 bits per heavy atom. The largest absolute Gasteiger partial charge is 0.315 e. The van der Waals surface area contributed by atoms with Gasteiger partial charge in [0.15, 0.2) is 9.84 Å². The summed E-state index contributed by atoms with van der Waals surface area (Å²) < 4.78 is 49.7. The zero-order chi connectivity index (χ0) is 14.8. The summed E-state index contributed by atoms with van der Waals surface area (Å²) in [5.41, 5.74) is 0. The van der Waals surface area contributed by atoms with Gasteiger partial charge in [-0.2, -0.15) is 0 Å². The van der Waals surface area contributed by atoms with Gasteiger partial charge in [-0.3, -0.25) is 0 Å².